The van der Waals surface area contributed by atoms with Gasteiger partial charge in [0.05, 0.1) is 5.69 Å². The van der Waals surface area contributed by atoms with Gasteiger partial charge in [-0.15, -0.1) is 0 Å². The average Bonchev–Trinajstić information content (AvgIpc) is 2.81. The van der Waals surface area contributed by atoms with Crippen molar-refractivity contribution in [2.24, 2.45) is 0 Å². The SMILES string of the molecule is CC1CN(C(=O)Nc2ccn(-c3ccc(CN4CCC(NC(=O)O)CC4)cc3)c(=O)n2)CCN1. The first-order chi connectivity index (χ1) is 16.4. The molecule has 11 heteroatoms. The largest absolute Gasteiger partial charge is 0.465 e. The third-order valence-corrected chi connectivity index (χ3v) is 6.23. The molecule has 0 spiro atoms. The Kier molecular flexibility index (Phi) is 7.43. The second-order valence-electron chi connectivity index (χ2n) is 8.86. The fourth-order valence-corrected chi connectivity index (χ4v) is 4.40. The van der Waals surface area contributed by atoms with Crippen LogP contribution < -0.4 is 21.6 Å². The first kappa shape index (κ1) is 23.7. The molecule has 4 rings (SSSR count). The van der Waals surface area contributed by atoms with Gasteiger partial charge in [-0.3, -0.25) is 14.8 Å². The molecule has 1 aromatic carbocycles. The predicted octanol–water partition coefficient (Wildman–Crippen LogP) is 1.29. The number of benzene rings is 1. The van der Waals surface area contributed by atoms with E-state index in [2.05, 4.69) is 25.8 Å². The number of nitrogens with zero attached hydrogens (tertiary/aromatic N) is 4. The molecule has 2 aliphatic heterocycles. The van der Waals surface area contributed by atoms with E-state index in [1.807, 2.05) is 31.2 Å². The van der Waals surface area contributed by atoms with E-state index >= 15 is 0 Å². The lowest BCUT2D eigenvalue weighted by Gasteiger charge is -2.31. The molecule has 1 aromatic heterocycles. The van der Waals surface area contributed by atoms with Gasteiger partial charge in [-0.25, -0.2) is 14.4 Å². The minimum absolute atomic E-state index is 0.0173. The van der Waals surface area contributed by atoms with Crippen molar-refractivity contribution in [3.05, 3.63) is 52.6 Å². The number of carbonyl (C=O) groups is 2. The number of nitrogens with one attached hydrogen (secondary N) is 3. The molecule has 0 bridgehead atoms. The minimum atomic E-state index is -0.969. The Morgan fingerprint density at radius 2 is 1.88 bits per heavy atom. The molecule has 0 aliphatic carbocycles. The second-order valence-corrected chi connectivity index (χ2v) is 8.86. The van der Waals surface area contributed by atoms with Gasteiger partial charge in [-0.05, 0) is 43.5 Å². The summed E-state index contributed by atoms with van der Waals surface area (Å²) in [5, 5.41) is 17.4. The summed E-state index contributed by atoms with van der Waals surface area (Å²) < 4.78 is 1.44. The van der Waals surface area contributed by atoms with Crippen LogP contribution >= 0.6 is 0 Å². The highest BCUT2D eigenvalue weighted by molar-refractivity contribution is 5.88. The third kappa shape index (κ3) is 6.12. The first-order valence-electron chi connectivity index (χ1n) is 11.6. The maximum atomic E-state index is 12.6. The van der Waals surface area contributed by atoms with Gasteiger partial charge in [0.1, 0.15) is 5.82 Å². The lowest BCUT2D eigenvalue weighted by atomic mass is 10.0. The maximum Gasteiger partial charge on any atom is 0.404 e. The molecule has 3 amide bonds. The van der Waals surface area contributed by atoms with Crippen LogP contribution in [0.4, 0.5) is 15.4 Å². The summed E-state index contributed by atoms with van der Waals surface area (Å²) in [5.41, 5.74) is 1.34. The normalized spacial score (nSPS) is 19.6. The summed E-state index contributed by atoms with van der Waals surface area (Å²) in [6.45, 7) is 6.39. The number of urea groups is 1. The fraction of sp³-hybridized carbons (Fsp3) is 0.478. The van der Waals surface area contributed by atoms with Crippen LogP contribution in [0, 0.1) is 0 Å². The highest BCUT2D eigenvalue weighted by Crippen LogP contribution is 2.16. The van der Waals surface area contributed by atoms with Gasteiger partial charge < -0.3 is 20.6 Å². The van der Waals surface area contributed by atoms with Gasteiger partial charge in [0.15, 0.2) is 0 Å². The Balaban J connectivity index is 1.33. The number of piperidine rings is 1. The van der Waals surface area contributed by atoms with Crippen LogP contribution in [0.3, 0.4) is 0 Å². The number of rotatable bonds is 5. The van der Waals surface area contributed by atoms with Crippen molar-refractivity contribution in [3.8, 4) is 5.69 Å². The van der Waals surface area contributed by atoms with Crippen molar-refractivity contribution in [3.63, 3.8) is 0 Å². The third-order valence-electron chi connectivity index (χ3n) is 6.23. The number of carboxylic acid groups (broad SMARTS) is 1. The maximum absolute atomic E-state index is 12.6. The fourth-order valence-electron chi connectivity index (χ4n) is 4.40. The molecule has 3 heterocycles. The van der Waals surface area contributed by atoms with Crippen LogP contribution in [0.25, 0.3) is 5.69 Å². The van der Waals surface area contributed by atoms with E-state index in [9.17, 15) is 14.4 Å². The van der Waals surface area contributed by atoms with E-state index in [1.54, 1.807) is 17.2 Å². The second kappa shape index (κ2) is 10.7. The highest BCUT2D eigenvalue weighted by atomic mass is 16.4. The standard InChI is InChI=1S/C23H31N7O4/c1-16-14-29(13-9-24-16)21(31)26-20-8-12-30(22(32)27-20)19-4-2-17(3-5-19)15-28-10-6-18(7-11-28)25-23(33)34/h2-5,8,12,16,18,24-25H,6-7,9-11,13-15H2,1H3,(H,33,34)(H,26,27,31,32). The van der Waals surface area contributed by atoms with Crippen molar-refractivity contribution < 1.29 is 14.7 Å². The van der Waals surface area contributed by atoms with E-state index < -0.39 is 11.8 Å². The van der Waals surface area contributed by atoms with Crippen LogP contribution in [0.1, 0.15) is 25.3 Å². The molecule has 34 heavy (non-hydrogen) atoms. The van der Waals surface area contributed by atoms with Gasteiger partial charge in [-0.2, -0.15) is 4.98 Å². The van der Waals surface area contributed by atoms with E-state index in [-0.39, 0.29) is 23.9 Å². The van der Waals surface area contributed by atoms with Gasteiger partial charge in [0.25, 0.3) is 0 Å². The zero-order chi connectivity index (χ0) is 24.1. The van der Waals surface area contributed by atoms with Crippen LogP contribution in [0.2, 0.25) is 0 Å². The van der Waals surface area contributed by atoms with E-state index in [1.165, 1.54) is 4.57 Å². The lowest BCUT2D eigenvalue weighted by molar-refractivity contribution is 0.165. The first-order valence-corrected chi connectivity index (χ1v) is 11.6. The molecule has 0 saturated carbocycles. The number of hydrogen-bond donors (Lipinski definition) is 4. The van der Waals surface area contributed by atoms with Gasteiger partial charge in [0, 0.05) is 57.5 Å². The van der Waals surface area contributed by atoms with Crippen LogP contribution in [-0.4, -0.2) is 81.4 Å². The zero-order valence-corrected chi connectivity index (χ0v) is 19.2. The molecule has 11 nitrogen and oxygen atoms in total. The van der Waals surface area contributed by atoms with Crippen molar-refractivity contribution in [2.75, 3.05) is 38.0 Å². The molecule has 1 atom stereocenters. The molecule has 182 valence electrons. The van der Waals surface area contributed by atoms with Crippen molar-refractivity contribution in [2.45, 2.75) is 38.4 Å². The number of carbonyl (C=O) groups excluding carboxylic acids is 1. The summed E-state index contributed by atoms with van der Waals surface area (Å²) in [7, 11) is 0. The molecule has 2 aromatic rings. The predicted molar refractivity (Wildman–Crippen MR) is 127 cm³/mol. The number of hydrogen-bond acceptors (Lipinski definition) is 6. The van der Waals surface area contributed by atoms with Crippen molar-refractivity contribution in [1.29, 1.82) is 0 Å². The molecule has 2 aliphatic rings. The summed E-state index contributed by atoms with van der Waals surface area (Å²) in [6, 6.07) is 9.30. The Bertz CT molecular complexity index is 1060. The molecule has 2 fully saturated rings. The quantitative estimate of drug-likeness (QED) is 0.519. The van der Waals surface area contributed by atoms with Crippen molar-refractivity contribution >= 4 is 17.9 Å². The lowest BCUT2D eigenvalue weighted by Crippen LogP contribution is -2.52. The molecule has 4 N–H and O–H groups in total. The minimum Gasteiger partial charge on any atom is -0.465 e. The Labute approximate surface area is 197 Å². The number of likely N-dealkylation sites (tertiary alicyclic amines) is 1. The van der Waals surface area contributed by atoms with Crippen LogP contribution in [-0.2, 0) is 6.54 Å². The van der Waals surface area contributed by atoms with Gasteiger partial charge in [-0.1, -0.05) is 12.1 Å². The summed E-state index contributed by atoms with van der Waals surface area (Å²) in [6.07, 6.45) is 2.23. The van der Waals surface area contributed by atoms with Crippen LogP contribution in [0.15, 0.2) is 41.3 Å². The zero-order valence-electron chi connectivity index (χ0n) is 19.2. The smallest absolute Gasteiger partial charge is 0.404 e. The molecular weight excluding hydrogens is 438 g/mol. The summed E-state index contributed by atoms with van der Waals surface area (Å²) >= 11 is 0. The topological polar surface area (TPSA) is 132 Å². The number of aromatic nitrogens is 2. The Morgan fingerprint density at radius 1 is 1.15 bits per heavy atom. The van der Waals surface area contributed by atoms with Crippen LogP contribution in [0.5, 0.6) is 0 Å². The molecular formula is C23H31N7O4. The Morgan fingerprint density at radius 3 is 2.53 bits per heavy atom. The van der Waals surface area contributed by atoms with E-state index in [0.29, 0.717) is 18.8 Å². The van der Waals surface area contributed by atoms with E-state index in [0.717, 1.165) is 44.6 Å². The Hall–Kier alpha value is -3.44. The summed E-state index contributed by atoms with van der Waals surface area (Å²) in [5.74, 6) is 0.231. The van der Waals surface area contributed by atoms with E-state index in [4.69, 9.17) is 5.11 Å². The molecule has 0 radical (unpaired) electrons. The molecule has 2 saturated heterocycles. The van der Waals surface area contributed by atoms with Gasteiger partial charge in [0.2, 0.25) is 0 Å². The monoisotopic (exact) mass is 469 g/mol. The van der Waals surface area contributed by atoms with Crippen molar-refractivity contribution in [1.82, 2.24) is 30.0 Å². The molecule has 1 unspecified atom stereocenters. The average molecular weight is 470 g/mol. The highest BCUT2D eigenvalue weighted by Gasteiger charge is 2.22. The summed E-state index contributed by atoms with van der Waals surface area (Å²) in [4.78, 5) is 43.8. The number of anilines is 1. The van der Waals surface area contributed by atoms with Gasteiger partial charge >= 0.3 is 17.8 Å². The number of piperazine rings is 1. The number of amides is 3.